The first-order valence-corrected chi connectivity index (χ1v) is 3.92. The Kier molecular flexibility index (Phi) is 6.70. The molecule has 0 saturated heterocycles. The van der Waals surface area contributed by atoms with Gasteiger partial charge >= 0.3 is 17.9 Å². The van der Waals surface area contributed by atoms with Gasteiger partial charge in [0.05, 0.1) is 6.42 Å². The highest BCUT2D eigenvalue weighted by Gasteiger charge is 2.32. The van der Waals surface area contributed by atoms with Gasteiger partial charge < -0.3 is 20.4 Å². The smallest absolute Gasteiger partial charge is 0.371 e. The predicted molar refractivity (Wildman–Crippen MR) is 48.8 cm³/mol. The van der Waals surface area contributed by atoms with Crippen LogP contribution in [-0.2, 0) is 19.2 Å². The van der Waals surface area contributed by atoms with Crippen molar-refractivity contribution < 1.29 is 39.6 Å². The monoisotopic (exact) mass is 236 g/mol. The molecule has 0 rings (SSSR count). The quantitative estimate of drug-likeness (QED) is 0.452. The van der Waals surface area contributed by atoms with Gasteiger partial charge in [-0.05, 0) is 6.92 Å². The first-order valence-electron chi connectivity index (χ1n) is 3.92. The Bertz CT molecular complexity index is 291. The molecule has 0 aliphatic carbocycles. The molecule has 8 nitrogen and oxygen atoms in total. The summed E-state index contributed by atoms with van der Waals surface area (Å²) in [7, 11) is 0. The summed E-state index contributed by atoms with van der Waals surface area (Å²) in [6.07, 6.45) is -0.789. The van der Waals surface area contributed by atoms with Crippen LogP contribution in [0.2, 0.25) is 0 Å². The number of rotatable bonds is 4. The average Bonchev–Trinajstić information content (AvgIpc) is 2.01. The zero-order valence-corrected chi connectivity index (χ0v) is 8.63. The molecule has 0 radical (unpaired) electrons. The Balaban J connectivity index is 0. The number of carboxylic acids is 3. The van der Waals surface area contributed by atoms with Gasteiger partial charge in [0.1, 0.15) is 0 Å². The van der Waals surface area contributed by atoms with E-state index in [2.05, 4.69) is 0 Å². The molecule has 0 spiro atoms. The molecule has 0 aliphatic heterocycles. The molecule has 1 atom stereocenters. The summed E-state index contributed by atoms with van der Waals surface area (Å²) in [5.74, 6) is -5.08. The van der Waals surface area contributed by atoms with Gasteiger partial charge in [0.15, 0.2) is 5.60 Å². The summed E-state index contributed by atoms with van der Waals surface area (Å²) in [6, 6.07) is 0. The van der Waals surface area contributed by atoms with Gasteiger partial charge in [-0.25, -0.2) is 9.59 Å². The molecule has 1 unspecified atom stereocenters. The van der Waals surface area contributed by atoms with Crippen LogP contribution >= 0.6 is 0 Å². The van der Waals surface area contributed by atoms with Crippen molar-refractivity contribution in [2.45, 2.75) is 25.9 Å². The van der Waals surface area contributed by atoms with Crippen LogP contribution in [0.5, 0.6) is 0 Å². The number of ketones is 1. The molecule has 0 aromatic heterocycles. The van der Waals surface area contributed by atoms with Crippen LogP contribution in [0.3, 0.4) is 0 Å². The van der Waals surface area contributed by atoms with Crippen molar-refractivity contribution in [2.75, 3.05) is 0 Å². The molecule has 0 fully saturated rings. The van der Waals surface area contributed by atoms with Gasteiger partial charge in [-0.1, -0.05) is 0 Å². The summed E-state index contributed by atoms with van der Waals surface area (Å²) in [5.41, 5.74) is -2.16. The third-order valence-electron chi connectivity index (χ3n) is 1.26. The van der Waals surface area contributed by atoms with Gasteiger partial charge in [0, 0.05) is 6.92 Å². The molecule has 16 heavy (non-hydrogen) atoms. The van der Waals surface area contributed by atoms with Crippen LogP contribution in [-0.4, -0.2) is 49.7 Å². The Labute approximate surface area is 90.1 Å². The maximum atomic E-state index is 10.0. The van der Waals surface area contributed by atoms with Crippen molar-refractivity contribution in [1.29, 1.82) is 0 Å². The maximum Gasteiger partial charge on any atom is 0.371 e. The zero-order valence-electron chi connectivity index (χ0n) is 8.63. The van der Waals surface area contributed by atoms with E-state index >= 15 is 0 Å². The average molecular weight is 236 g/mol. The number of aliphatic hydroxyl groups is 1. The first-order chi connectivity index (χ1) is 7.00. The van der Waals surface area contributed by atoms with Gasteiger partial charge in [-0.3, -0.25) is 9.59 Å². The van der Waals surface area contributed by atoms with E-state index in [1.54, 1.807) is 0 Å². The fourth-order valence-corrected chi connectivity index (χ4v) is 0.370. The minimum absolute atomic E-state index is 0.789. The molecule has 0 aliphatic rings. The predicted octanol–water partition coefficient (Wildman–Crippen LogP) is -1.04. The highest BCUT2D eigenvalue weighted by atomic mass is 16.4. The first kappa shape index (κ1) is 16.5. The SMILES string of the molecule is CC(=O)C(=O)O.CC(O)(CC(=O)O)C(=O)O. The molecular weight excluding hydrogens is 224 g/mol. The van der Waals surface area contributed by atoms with E-state index in [1.165, 1.54) is 0 Å². The van der Waals surface area contributed by atoms with E-state index in [-0.39, 0.29) is 0 Å². The fraction of sp³-hybridized carbons (Fsp3) is 0.500. The number of carbonyl (C=O) groups excluding carboxylic acids is 1. The van der Waals surface area contributed by atoms with Crippen LogP contribution < -0.4 is 0 Å². The Morgan fingerprint density at radius 2 is 1.38 bits per heavy atom. The summed E-state index contributed by atoms with van der Waals surface area (Å²) in [4.78, 5) is 38.8. The standard InChI is InChI=1S/C5H8O5.C3H4O3/c1-5(10,4(8)9)2-3(6)7;1-2(4)3(5)6/h10H,2H2,1H3,(H,6,7)(H,8,9);1H3,(H,5,6). The van der Waals surface area contributed by atoms with Gasteiger partial charge in [-0.15, -0.1) is 0 Å². The second kappa shape index (κ2) is 6.51. The van der Waals surface area contributed by atoms with Crippen molar-refractivity contribution in [2.24, 2.45) is 0 Å². The van der Waals surface area contributed by atoms with Crippen molar-refractivity contribution in [3.63, 3.8) is 0 Å². The molecule has 0 aromatic carbocycles. The lowest BCUT2D eigenvalue weighted by atomic mass is 10.0. The lowest BCUT2D eigenvalue weighted by Gasteiger charge is -2.13. The molecule has 0 saturated carbocycles. The Hall–Kier alpha value is -1.96. The van der Waals surface area contributed by atoms with Crippen molar-refractivity contribution in [1.82, 2.24) is 0 Å². The highest BCUT2D eigenvalue weighted by Crippen LogP contribution is 2.08. The minimum atomic E-state index is -2.16. The topological polar surface area (TPSA) is 149 Å². The molecule has 0 bridgehead atoms. The van der Waals surface area contributed by atoms with Crippen LogP contribution in [0.4, 0.5) is 0 Å². The summed E-state index contributed by atoms with van der Waals surface area (Å²) >= 11 is 0. The van der Waals surface area contributed by atoms with E-state index in [0.717, 1.165) is 13.8 Å². The molecule has 0 heterocycles. The number of aliphatic carboxylic acids is 3. The summed E-state index contributed by atoms with van der Waals surface area (Å²) in [5, 5.41) is 32.7. The van der Waals surface area contributed by atoms with Crippen LogP contribution in [0.1, 0.15) is 20.3 Å². The fourth-order valence-electron chi connectivity index (χ4n) is 0.370. The maximum absolute atomic E-state index is 10.0. The second-order valence-electron chi connectivity index (χ2n) is 3.01. The Morgan fingerprint density at radius 1 is 1.06 bits per heavy atom. The second-order valence-corrected chi connectivity index (χ2v) is 3.01. The lowest BCUT2D eigenvalue weighted by Crippen LogP contribution is -2.37. The Morgan fingerprint density at radius 3 is 1.44 bits per heavy atom. The molecular formula is C8H12O8. The van der Waals surface area contributed by atoms with Gasteiger partial charge in [-0.2, -0.15) is 0 Å². The minimum Gasteiger partial charge on any atom is -0.481 e. The van der Waals surface area contributed by atoms with Crippen molar-refractivity contribution in [3.05, 3.63) is 0 Å². The number of carbonyl (C=O) groups is 4. The number of hydrogen-bond acceptors (Lipinski definition) is 5. The zero-order chi connectivity index (χ0) is 13.5. The normalized spacial score (nSPS) is 12.7. The molecule has 0 aromatic rings. The van der Waals surface area contributed by atoms with Gasteiger partial charge in [0.2, 0.25) is 5.78 Å². The van der Waals surface area contributed by atoms with Crippen LogP contribution in [0, 0.1) is 0 Å². The largest absolute Gasteiger partial charge is 0.481 e. The third kappa shape index (κ3) is 8.63. The molecule has 4 N–H and O–H groups in total. The van der Waals surface area contributed by atoms with Gasteiger partial charge in [0.25, 0.3) is 0 Å². The summed E-state index contributed by atoms with van der Waals surface area (Å²) < 4.78 is 0. The lowest BCUT2D eigenvalue weighted by molar-refractivity contribution is -0.163. The van der Waals surface area contributed by atoms with Crippen molar-refractivity contribution in [3.8, 4) is 0 Å². The van der Waals surface area contributed by atoms with E-state index in [9.17, 15) is 19.2 Å². The number of hydrogen-bond donors (Lipinski definition) is 4. The van der Waals surface area contributed by atoms with Crippen molar-refractivity contribution >= 4 is 23.7 Å². The number of carboxylic acid groups (broad SMARTS) is 3. The molecule has 8 heteroatoms. The van der Waals surface area contributed by atoms with E-state index in [4.69, 9.17) is 20.4 Å². The van der Waals surface area contributed by atoms with Crippen LogP contribution in [0.15, 0.2) is 0 Å². The van der Waals surface area contributed by atoms with E-state index in [1.807, 2.05) is 0 Å². The third-order valence-corrected chi connectivity index (χ3v) is 1.26. The molecule has 0 amide bonds. The molecule has 92 valence electrons. The van der Waals surface area contributed by atoms with E-state index < -0.39 is 35.7 Å². The summed E-state index contributed by atoms with van der Waals surface area (Å²) in [6.45, 7) is 1.94. The highest BCUT2D eigenvalue weighted by molar-refractivity contribution is 6.31. The van der Waals surface area contributed by atoms with Crippen LogP contribution in [0.25, 0.3) is 0 Å². The van der Waals surface area contributed by atoms with E-state index in [0.29, 0.717) is 0 Å². The number of Topliss-reactive ketones (excluding diaryl/α,β-unsaturated/α-hetero) is 1.